The van der Waals surface area contributed by atoms with E-state index in [4.69, 9.17) is 14.4 Å². The molecule has 0 saturated heterocycles. The number of rotatable bonds is 5. The van der Waals surface area contributed by atoms with Gasteiger partial charge >= 0.3 is 0 Å². The van der Waals surface area contributed by atoms with Crippen LogP contribution < -0.4 is 0 Å². The number of furan rings is 1. The molecule has 1 aliphatic rings. The molecule has 10 rings (SSSR count). The van der Waals surface area contributed by atoms with Gasteiger partial charge in [-0.05, 0) is 57.1 Å². The van der Waals surface area contributed by atoms with Gasteiger partial charge in [-0.3, -0.25) is 0 Å². The summed E-state index contributed by atoms with van der Waals surface area (Å²) in [6.45, 7) is 0. The van der Waals surface area contributed by atoms with Gasteiger partial charge in [-0.25, -0.2) is 9.98 Å². The first-order valence-electron chi connectivity index (χ1n) is 18.2. The van der Waals surface area contributed by atoms with Crippen LogP contribution in [0.3, 0.4) is 0 Å². The van der Waals surface area contributed by atoms with Crippen molar-refractivity contribution < 1.29 is 4.42 Å². The zero-order valence-corrected chi connectivity index (χ0v) is 29.0. The van der Waals surface area contributed by atoms with Gasteiger partial charge in [0, 0.05) is 33.0 Å². The molecular formula is C50H34N2O. The van der Waals surface area contributed by atoms with Crippen molar-refractivity contribution in [3.8, 4) is 22.3 Å². The third-order valence-electron chi connectivity index (χ3n) is 10.4. The van der Waals surface area contributed by atoms with Crippen LogP contribution in [0.4, 0.5) is 0 Å². The summed E-state index contributed by atoms with van der Waals surface area (Å²) in [6, 6.07) is 61.9. The lowest BCUT2D eigenvalue weighted by Crippen LogP contribution is -2.10. The molecule has 0 atom stereocenters. The molecule has 0 bridgehead atoms. The zero-order chi connectivity index (χ0) is 35.1. The summed E-state index contributed by atoms with van der Waals surface area (Å²) >= 11 is 0. The van der Waals surface area contributed by atoms with Gasteiger partial charge in [-0.1, -0.05) is 176 Å². The second kappa shape index (κ2) is 13.0. The van der Waals surface area contributed by atoms with E-state index < -0.39 is 0 Å². The Labute approximate surface area is 307 Å². The number of allylic oxidation sites excluding steroid dienone is 1. The molecule has 0 saturated carbocycles. The number of amidine groups is 1. The Morgan fingerprint density at radius 2 is 1.02 bits per heavy atom. The monoisotopic (exact) mass is 678 g/mol. The minimum atomic E-state index is 0.720. The summed E-state index contributed by atoms with van der Waals surface area (Å²) in [5.41, 5.74) is 11.5. The summed E-state index contributed by atoms with van der Waals surface area (Å²) in [6.07, 6.45) is 3.88. The van der Waals surface area contributed by atoms with Crippen LogP contribution in [-0.2, 0) is 0 Å². The quantitative estimate of drug-likeness (QED) is 0.179. The molecule has 3 nitrogen and oxygen atoms in total. The van der Waals surface area contributed by atoms with Gasteiger partial charge in [-0.2, -0.15) is 0 Å². The minimum absolute atomic E-state index is 0.720. The van der Waals surface area contributed by atoms with Gasteiger partial charge in [0.15, 0.2) is 5.84 Å². The Kier molecular flexibility index (Phi) is 7.62. The molecular weight excluding hydrogens is 645 g/mol. The Hall–Kier alpha value is -6.84. The molecule has 9 aromatic rings. The van der Waals surface area contributed by atoms with Crippen molar-refractivity contribution in [1.29, 1.82) is 0 Å². The number of fused-ring (bicyclic) bond motifs is 5. The number of nitrogens with zero attached hydrogens (tertiary/aromatic N) is 2. The maximum atomic E-state index is 7.02. The number of para-hydroxylation sites is 1. The van der Waals surface area contributed by atoms with Crippen molar-refractivity contribution in [2.24, 2.45) is 9.98 Å². The molecule has 1 aromatic heterocycles. The second-order valence-corrected chi connectivity index (χ2v) is 13.6. The van der Waals surface area contributed by atoms with Crippen molar-refractivity contribution in [3.05, 3.63) is 199 Å². The lowest BCUT2D eigenvalue weighted by atomic mass is 9.91. The molecule has 0 unspecified atom stereocenters. The highest BCUT2D eigenvalue weighted by molar-refractivity contribution is 6.22. The minimum Gasteiger partial charge on any atom is -0.455 e. The van der Waals surface area contributed by atoms with E-state index in [1.54, 1.807) is 0 Å². The predicted octanol–water partition coefficient (Wildman–Crippen LogP) is 13.3. The Morgan fingerprint density at radius 3 is 1.77 bits per heavy atom. The lowest BCUT2D eigenvalue weighted by molar-refractivity contribution is 0.671. The summed E-state index contributed by atoms with van der Waals surface area (Å²) in [5.74, 6) is 0.720. The Morgan fingerprint density at radius 1 is 0.415 bits per heavy atom. The van der Waals surface area contributed by atoms with E-state index in [2.05, 4.69) is 158 Å². The summed E-state index contributed by atoms with van der Waals surface area (Å²) in [5, 5.41) is 6.95. The standard InChI is InChI=1S/C50H34N2O/c1-4-16-33(17-5-1)45-28-15-29-46(52-50(51-45)35-20-8-3-9-21-35)41-31-30-40(38-24-12-13-25-39(38)41)42-26-14-27-43-44-32-36-22-10-11-23-37(36)47(49(44)53-48(42)43)34-18-6-2-7-19-34/h1-14,16-28,30-32H,15,29H2/b45-28-,51-50-,52-46+. The molecule has 2 heterocycles. The van der Waals surface area contributed by atoms with Gasteiger partial charge in [0.2, 0.25) is 0 Å². The van der Waals surface area contributed by atoms with E-state index in [0.717, 1.165) is 102 Å². The number of aliphatic imine (C=N–C) groups is 2. The van der Waals surface area contributed by atoms with Crippen LogP contribution in [0.5, 0.6) is 0 Å². The van der Waals surface area contributed by atoms with Crippen LogP contribution in [0.1, 0.15) is 29.5 Å². The Balaban J connectivity index is 1.16. The highest BCUT2D eigenvalue weighted by Gasteiger charge is 2.21. The van der Waals surface area contributed by atoms with Crippen molar-refractivity contribution in [2.75, 3.05) is 0 Å². The topological polar surface area (TPSA) is 37.9 Å². The van der Waals surface area contributed by atoms with Crippen LogP contribution in [0.25, 0.3) is 71.4 Å². The average Bonchev–Trinajstić information content (AvgIpc) is 3.59. The molecule has 0 fully saturated rings. The molecule has 53 heavy (non-hydrogen) atoms. The first kappa shape index (κ1) is 30.9. The van der Waals surface area contributed by atoms with Crippen LogP contribution in [0.2, 0.25) is 0 Å². The molecule has 1 aliphatic heterocycles. The van der Waals surface area contributed by atoms with Crippen molar-refractivity contribution in [3.63, 3.8) is 0 Å². The third-order valence-corrected chi connectivity index (χ3v) is 10.4. The lowest BCUT2D eigenvalue weighted by Gasteiger charge is -2.16. The maximum Gasteiger partial charge on any atom is 0.160 e. The first-order valence-corrected chi connectivity index (χ1v) is 18.2. The SMILES string of the molecule is C1=C(c2ccccc2)/N=C(c2ccccc2)\N=C(\c2ccc(-c3cccc4c3oc3c(-c5ccccc5)c5ccccc5cc34)c3ccccc23)CC\1. The van der Waals surface area contributed by atoms with Crippen LogP contribution >= 0.6 is 0 Å². The molecule has 0 amide bonds. The van der Waals surface area contributed by atoms with Crippen molar-refractivity contribution in [2.45, 2.75) is 12.8 Å². The molecule has 0 N–H and O–H groups in total. The van der Waals surface area contributed by atoms with E-state index in [9.17, 15) is 0 Å². The number of hydrogen-bond donors (Lipinski definition) is 0. The van der Waals surface area contributed by atoms with Gasteiger partial charge < -0.3 is 4.42 Å². The van der Waals surface area contributed by atoms with Crippen molar-refractivity contribution >= 4 is 60.7 Å². The maximum absolute atomic E-state index is 7.02. The molecule has 250 valence electrons. The highest BCUT2D eigenvalue weighted by atomic mass is 16.3. The normalized spacial score (nSPS) is 16.4. The van der Waals surface area contributed by atoms with Gasteiger partial charge in [0.1, 0.15) is 11.2 Å². The average molecular weight is 679 g/mol. The fourth-order valence-corrected chi connectivity index (χ4v) is 7.90. The summed E-state index contributed by atoms with van der Waals surface area (Å²) < 4.78 is 7.02. The third kappa shape index (κ3) is 5.46. The second-order valence-electron chi connectivity index (χ2n) is 13.6. The predicted molar refractivity (Wildman–Crippen MR) is 223 cm³/mol. The fraction of sp³-hybridized carbons (Fsp3) is 0.0400. The Bertz CT molecular complexity index is 2920. The van der Waals surface area contributed by atoms with E-state index in [1.165, 1.54) is 10.8 Å². The molecule has 0 aliphatic carbocycles. The number of hydrogen-bond acceptors (Lipinski definition) is 3. The smallest absolute Gasteiger partial charge is 0.160 e. The molecule has 8 aromatic carbocycles. The van der Waals surface area contributed by atoms with Crippen LogP contribution in [-0.4, -0.2) is 11.5 Å². The van der Waals surface area contributed by atoms with E-state index >= 15 is 0 Å². The summed E-state index contributed by atoms with van der Waals surface area (Å²) in [4.78, 5) is 10.5. The molecule has 0 spiro atoms. The van der Waals surface area contributed by atoms with Crippen LogP contribution in [0, 0.1) is 0 Å². The fourth-order valence-electron chi connectivity index (χ4n) is 7.90. The van der Waals surface area contributed by atoms with E-state index in [1.807, 2.05) is 24.3 Å². The van der Waals surface area contributed by atoms with Gasteiger partial charge in [0.25, 0.3) is 0 Å². The summed E-state index contributed by atoms with van der Waals surface area (Å²) in [7, 11) is 0. The van der Waals surface area contributed by atoms with Gasteiger partial charge in [-0.15, -0.1) is 0 Å². The van der Waals surface area contributed by atoms with E-state index in [-0.39, 0.29) is 0 Å². The number of benzene rings is 8. The van der Waals surface area contributed by atoms with E-state index in [0.29, 0.717) is 0 Å². The zero-order valence-electron chi connectivity index (χ0n) is 29.0. The largest absolute Gasteiger partial charge is 0.455 e. The van der Waals surface area contributed by atoms with Gasteiger partial charge in [0.05, 0.1) is 11.4 Å². The van der Waals surface area contributed by atoms with Crippen LogP contribution in [0.15, 0.2) is 196 Å². The highest BCUT2D eigenvalue weighted by Crippen LogP contribution is 2.44. The first-order chi connectivity index (χ1) is 26.3. The molecule has 0 radical (unpaired) electrons. The molecule has 3 heteroatoms. The van der Waals surface area contributed by atoms with Crippen molar-refractivity contribution in [1.82, 2.24) is 0 Å².